The molecule has 0 saturated carbocycles. The lowest BCUT2D eigenvalue weighted by Crippen LogP contribution is -2.42. The molecule has 29 heavy (non-hydrogen) atoms. The van der Waals surface area contributed by atoms with E-state index in [-0.39, 0.29) is 0 Å². The molecule has 4 aromatic rings. The Morgan fingerprint density at radius 1 is 1.07 bits per heavy atom. The number of fused-ring (bicyclic) bond motifs is 1. The number of hydrogen-bond donors (Lipinski definition) is 1. The second-order valence-corrected chi connectivity index (χ2v) is 7.64. The topological polar surface area (TPSA) is 59.1 Å². The molecular formula is C23H25N5O. The summed E-state index contributed by atoms with van der Waals surface area (Å²) >= 11 is 0. The van der Waals surface area contributed by atoms with Gasteiger partial charge in [0.25, 0.3) is 0 Å². The minimum absolute atomic E-state index is 0.483. The van der Waals surface area contributed by atoms with E-state index in [1.54, 1.807) is 0 Å². The molecule has 0 amide bonds. The van der Waals surface area contributed by atoms with Gasteiger partial charge in [-0.15, -0.1) is 0 Å². The number of nitrogens with one attached hydrogen (secondary N) is 1. The first-order valence-electron chi connectivity index (χ1n) is 10.2. The molecular weight excluding hydrogens is 362 g/mol. The standard InChI is InChI=1S/C23H25N5O/c1-17-5-2-8-21-23(17)26-22(29-21)16-24-18-9-13-27(14-10-18)19-6-3-7-20(15-19)28-12-4-11-25-28/h2-8,11-12,15,18,24H,9-10,13-14,16H2,1H3. The van der Waals surface area contributed by atoms with Crippen LogP contribution in [0.15, 0.2) is 65.3 Å². The summed E-state index contributed by atoms with van der Waals surface area (Å²) in [6.45, 7) is 4.81. The Bertz CT molecular complexity index is 1090. The third-order valence-electron chi connectivity index (χ3n) is 5.67. The van der Waals surface area contributed by atoms with Crippen molar-refractivity contribution in [1.29, 1.82) is 0 Å². The van der Waals surface area contributed by atoms with Crippen molar-refractivity contribution in [2.45, 2.75) is 32.4 Å². The van der Waals surface area contributed by atoms with E-state index in [9.17, 15) is 0 Å². The Balaban J connectivity index is 1.18. The summed E-state index contributed by atoms with van der Waals surface area (Å²) in [6.07, 6.45) is 5.99. The van der Waals surface area contributed by atoms with Crippen LogP contribution in [0.3, 0.4) is 0 Å². The summed E-state index contributed by atoms with van der Waals surface area (Å²) in [6, 6.07) is 17.1. The highest BCUT2D eigenvalue weighted by Gasteiger charge is 2.20. The minimum atomic E-state index is 0.483. The van der Waals surface area contributed by atoms with Crippen molar-refractivity contribution in [3.8, 4) is 5.69 Å². The second-order valence-electron chi connectivity index (χ2n) is 7.64. The van der Waals surface area contributed by atoms with Crippen molar-refractivity contribution < 1.29 is 4.42 Å². The fraction of sp³-hybridized carbons (Fsp3) is 0.304. The molecule has 0 bridgehead atoms. The third kappa shape index (κ3) is 3.76. The van der Waals surface area contributed by atoms with Crippen molar-refractivity contribution in [3.63, 3.8) is 0 Å². The molecule has 0 spiro atoms. The zero-order valence-electron chi connectivity index (χ0n) is 16.6. The summed E-state index contributed by atoms with van der Waals surface area (Å²) in [4.78, 5) is 7.10. The highest BCUT2D eigenvalue weighted by Crippen LogP contribution is 2.23. The van der Waals surface area contributed by atoms with Gasteiger partial charge in [0, 0.05) is 37.2 Å². The molecule has 1 aliphatic heterocycles. The lowest BCUT2D eigenvalue weighted by Gasteiger charge is -2.34. The number of aromatic nitrogens is 3. The number of oxazole rings is 1. The first kappa shape index (κ1) is 17.9. The monoisotopic (exact) mass is 387 g/mol. The second kappa shape index (κ2) is 7.72. The lowest BCUT2D eigenvalue weighted by atomic mass is 10.0. The quantitative estimate of drug-likeness (QED) is 0.559. The Hall–Kier alpha value is -3.12. The Kier molecular flexibility index (Phi) is 4.77. The van der Waals surface area contributed by atoms with Crippen molar-refractivity contribution in [2.24, 2.45) is 0 Å². The van der Waals surface area contributed by atoms with Crippen LogP contribution in [0.25, 0.3) is 16.8 Å². The van der Waals surface area contributed by atoms with Crippen molar-refractivity contribution in [2.75, 3.05) is 18.0 Å². The van der Waals surface area contributed by atoms with Crippen LogP contribution in [0, 0.1) is 6.92 Å². The molecule has 0 radical (unpaired) electrons. The summed E-state index contributed by atoms with van der Waals surface area (Å²) < 4.78 is 7.79. The van der Waals surface area contributed by atoms with E-state index >= 15 is 0 Å². The van der Waals surface area contributed by atoms with Crippen LogP contribution in [0.4, 0.5) is 5.69 Å². The fourth-order valence-corrected chi connectivity index (χ4v) is 4.03. The Morgan fingerprint density at radius 2 is 1.90 bits per heavy atom. The van der Waals surface area contributed by atoms with Crippen LogP contribution in [0.5, 0.6) is 0 Å². The van der Waals surface area contributed by atoms with E-state index in [0.29, 0.717) is 12.6 Å². The summed E-state index contributed by atoms with van der Waals surface area (Å²) in [5.74, 6) is 0.767. The van der Waals surface area contributed by atoms with Gasteiger partial charge in [0.15, 0.2) is 5.58 Å². The number of para-hydroxylation sites is 1. The predicted molar refractivity (Wildman–Crippen MR) is 114 cm³/mol. The zero-order valence-corrected chi connectivity index (χ0v) is 16.6. The molecule has 6 nitrogen and oxygen atoms in total. The maximum absolute atomic E-state index is 5.89. The average molecular weight is 387 g/mol. The van der Waals surface area contributed by atoms with Gasteiger partial charge in [-0.3, -0.25) is 0 Å². The first-order chi connectivity index (χ1) is 14.3. The number of nitrogens with zero attached hydrogens (tertiary/aromatic N) is 4. The molecule has 2 aromatic heterocycles. The van der Waals surface area contributed by atoms with Gasteiger partial charge in [-0.05, 0) is 55.7 Å². The number of benzene rings is 2. The molecule has 3 heterocycles. The molecule has 2 aromatic carbocycles. The van der Waals surface area contributed by atoms with E-state index in [2.05, 4.69) is 57.6 Å². The summed E-state index contributed by atoms with van der Waals surface area (Å²) in [5, 5.41) is 7.96. The SMILES string of the molecule is Cc1cccc2oc(CNC3CCN(c4cccc(-n5cccn5)c4)CC3)nc12. The van der Waals surface area contributed by atoms with Crippen LogP contribution < -0.4 is 10.2 Å². The van der Waals surface area contributed by atoms with E-state index in [0.717, 1.165) is 54.2 Å². The molecule has 0 atom stereocenters. The number of hydrogen-bond acceptors (Lipinski definition) is 5. The predicted octanol–water partition coefficient (Wildman–Crippen LogP) is 4.08. The van der Waals surface area contributed by atoms with Gasteiger partial charge in [0.05, 0.1) is 12.2 Å². The minimum Gasteiger partial charge on any atom is -0.439 e. The maximum Gasteiger partial charge on any atom is 0.209 e. The smallest absolute Gasteiger partial charge is 0.209 e. The average Bonchev–Trinajstić information content (AvgIpc) is 3.43. The molecule has 5 rings (SSSR count). The molecule has 1 N–H and O–H groups in total. The largest absolute Gasteiger partial charge is 0.439 e. The van der Waals surface area contributed by atoms with E-state index in [1.807, 2.05) is 35.3 Å². The highest BCUT2D eigenvalue weighted by atomic mass is 16.3. The van der Waals surface area contributed by atoms with Gasteiger partial charge in [0.1, 0.15) is 5.52 Å². The van der Waals surface area contributed by atoms with Crippen molar-refractivity contribution >= 4 is 16.8 Å². The summed E-state index contributed by atoms with van der Waals surface area (Å²) in [7, 11) is 0. The molecule has 0 unspecified atom stereocenters. The number of rotatable bonds is 5. The third-order valence-corrected chi connectivity index (χ3v) is 5.67. The Labute approximate surface area is 170 Å². The number of aryl methyl sites for hydroxylation is 1. The maximum atomic E-state index is 5.89. The van der Waals surface area contributed by atoms with Gasteiger partial charge >= 0.3 is 0 Å². The van der Waals surface area contributed by atoms with Crippen molar-refractivity contribution in [3.05, 3.63) is 72.4 Å². The molecule has 6 heteroatoms. The van der Waals surface area contributed by atoms with E-state index in [4.69, 9.17) is 4.42 Å². The molecule has 1 saturated heterocycles. The Morgan fingerprint density at radius 3 is 2.69 bits per heavy atom. The fourth-order valence-electron chi connectivity index (χ4n) is 4.03. The van der Waals surface area contributed by atoms with Gasteiger partial charge in [-0.1, -0.05) is 18.2 Å². The first-order valence-corrected chi connectivity index (χ1v) is 10.2. The van der Waals surface area contributed by atoms with E-state index < -0.39 is 0 Å². The van der Waals surface area contributed by atoms with Gasteiger partial charge < -0.3 is 14.6 Å². The molecule has 1 aliphatic rings. The van der Waals surface area contributed by atoms with Gasteiger partial charge in [-0.25, -0.2) is 9.67 Å². The number of anilines is 1. The van der Waals surface area contributed by atoms with Crippen molar-refractivity contribution in [1.82, 2.24) is 20.1 Å². The van der Waals surface area contributed by atoms with Crippen LogP contribution in [0.2, 0.25) is 0 Å². The highest BCUT2D eigenvalue weighted by molar-refractivity contribution is 5.76. The van der Waals surface area contributed by atoms with Crippen LogP contribution in [0.1, 0.15) is 24.3 Å². The van der Waals surface area contributed by atoms with Crippen LogP contribution in [-0.2, 0) is 6.54 Å². The summed E-state index contributed by atoms with van der Waals surface area (Å²) in [5.41, 5.74) is 5.35. The molecule has 0 aliphatic carbocycles. The van der Waals surface area contributed by atoms with Gasteiger partial charge in [-0.2, -0.15) is 5.10 Å². The normalized spacial score (nSPS) is 15.3. The van der Waals surface area contributed by atoms with Crippen LogP contribution >= 0.6 is 0 Å². The zero-order chi connectivity index (χ0) is 19.6. The molecule has 1 fully saturated rings. The van der Waals surface area contributed by atoms with Gasteiger partial charge in [0.2, 0.25) is 5.89 Å². The lowest BCUT2D eigenvalue weighted by molar-refractivity contribution is 0.388. The van der Waals surface area contributed by atoms with E-state index in [1.165, 1.54) is 5.69 Å². The van der Waals surface area contributed by atoms with Crippen LogP contribution in [-0.4, -0.2) is 33.9 Å². The molecule has 148 valence electrons. The number of piperidine rings is 1.